The molecule has 17 nitrogen and oxygen atoms in total. The van der Waals surface area contributed by atoms with E-state index >= 15 is 0 Å². The van der Waals surface area contributed by atoms with Crippen molar-refractivity contribution in [2.24, 2.45) is 0 Å². The van der Waals surface area contributed by atoms with Crippen molar-refractivity contribution < 1.29 is 58.7 Å². The third kappa shape index (κ3) is 15.2. The Morgan fingerprint density at radius 2 is 1.66 bits per heavy atom. The van der Waals surface area contributed by atoms with Crippen molar-refractivity contribution in [2.75, 3.05) is 38.4 Å². The minimum atomic E-state index is -1.18. The Hall–Kier alpha value is -4.22. The van der Waals surface area contributed by atoms with E-state index < -0.39 is 41.1 Å². The number of aldehydes is 1. The minimum absolute atomic E-state index is 0.00187. The standard InChI is InChI=1S/C24H33N3O14/c28-13-17-6-8-22(24(33)21(17)14-29)25-23(32)9-7-18(30)4-2-10-38-11-12-39-15-19(31)3-1-5-20(41-27(36)37)16-40-26(34)35/h6,8,14,20,28,33H,1-5,7,9-13,15-16H2,(H,25,32). The zero-order valence-electron chi connectivity index (χ0n) is 22.2. The summed E-state index contributed by atoms with van der Waals surface area (Å²) in [6.45, 7) is -0.768. The maximum Gasteiger partial charge on any atom is 0.294 e. The van der Waals surface area contributed by atoms with Gasteiger partial charge in [-0.15, -0.1) is 20.2 Å². The van der Waals surface area contributed by atoms with Crippen LogP contribution in [0.1, 0.15) is 60.9 Å². The number of phenols is 1. The number of Topliss-reactive ketones (excluding diaryl/α,β-unsaturated/α-hetero) is 2. The summed E-state index contributed by atoms with van der Waals surface area (Å²) >= 11 is 0. The number of phenolic OH excluding ortho intramolecular Hbond substituents is 1. The summed E-state index contributed by atoms with van der Waals surface area (Å²) in [7, 11) is 0. The highest BCUT2D eigenvalue weighted by Crippen LogP contribution is 2.29. The van der Waals surface area contributed by atoms with Crippen LogP contribution in [0, 0.1) is 20.2 Å². The lowest BCUT2D eigenvalue weighted by Gasteiger charge is -2.13. The van der Waals surface area contributed by atoms with Crippen LogP contribution in [0.2, 0.25) is 0 Å². The molecule has 0 bridgehead atoms. The first-order chi connectivity index (χ1) is 19.6. The van der Waals surface area contributed by atoms with E-state index in [1.807, 2.05) is 0 Å². The third-order valence-corrected chi connectivity index (χ3v) is 5.46. The zero-order valence-corrected chi connectivity index (χ0v) is 22.2. The molecule has 1 amide bonds. The number of ether oxygens (including phenoxy) is 2. The van der Waals surface area contributed by atoms with Gasteiger partial charge in [-0.05, 0) is 30.9 Å². The second kappa shape index (κ2) is 19.8. The number of ketones is 2. The molecule has 228 valence electrons. The molecule has 0 aliphatic carbocycles. The van der Waals surface area contributed by atoms with Crippen LogP contribution in [-0.2, 0) is 40.1 Å². The molecule has 1 rings (SSSR count). The van der Waals surface area contributed by atoms with Gasteiger partial charge in [-0.1, -0.05) is 6.07 Å². The maximum absolute atomic E-state index is 12.1. The predicted molar refractivity (Wildman–Crippen MR) is 137 cm³/mol. The fraction of sp³-hybridized carbons (Fsp3) is 0.583. The van der Waals surface area contributed by atoms with Crippen LogP contribution in [0.4, 0.5) is 5.69 Å². The number of aliphatic hydroxyl groups excluding tert-OH is 1. The SMILES string of the molecule is O=Cc1c(CO)ccc(NC(=O)CCC(=O)CCCOCCOCC(=O)CCCC(CO[N+](=O)[O-])O[N+](=O)[O-])c1O. The number of benzene rings is 1. The number of carbonyl (C=O) groups is 4. The van der Waals surface area contributed by atoms with Crippen LogP contribution in [0.25, 0.3) is 0 Å². The number of aromatic hydroxyl groups is 1. The second-order valence-electron chi connectivity index (χ2n) is 8.57. The minimum Gasteiger partial charge on any atom is -0.505 e. The van der Waals surface area contributed by atoms with Gasteiger partial charge < -0.3 is 34.7 Å². The first kappa shape index (κ1) is 34.8. The van der Waals surface area contributed by atoms with Gasteiger partial charge in [-0.3, -0.25) is 19.2 Å². The summed E-state index contributed by atoms with van der Waals surface area (Å²) in [5.74, 6) is -1.45. The zero-order chi connectivity index (χ0) is 30.6. The number of nitrogens with one attached hydrogen (secondary N) is 1. The van der Waals surface area contributed by atoms with E-state index in [0.717, 1.165) is 0 Å². The molecule has 0 aromatic heterocycles. The van der Waals surface area contributed by atoms with Crippen LogP contribution in [0.3, 0.4) is 0 Å². The molecule has 0 aliphatic rings. The second-order valence-corrected chi connectivity index (χ2v) is 8.57. The average molecular weight is 588 g/mol. The number of aliphatic hydroxyl groups is 1. The van der Waals surface area contributed by atoms with Crippen molar-refractivity contribution in [1.29, 1.82) is 0 Å². The number of hydrogen-bond donors (Lipinski definition) is 3. The molecule has 0 radical (unpaired) electrons. The van der Waals surface area contributed by atoms with Crippen LogP contribution < -0.4 is 5.32 Å². The van der Waals surface area contributed by atoms with Gasteiger partial charge in [-0.2, -0.15) is 0 Å². The Balaban J connectivity index is 2.12. The Morgan fingerprint density at radius 1 is 0.951 bits per heavy atom. The molecule has 1 atom stereocenters. The Morgan fingerprint density at radius 3 is 2.32 bits per heavy atom. The number of amides is 1. The molecule has 1 aromatic rings. The molecular formula is C24H33N3O14. The molecule has 41 heavy (non-hydrogen) atoms. The van der Waals surface area contributed by atoms with Crippen molar-refractivity contribution in [3.63, 3.8) is 0 Å². The topological polar surface area (TPSA) is 244 Å². The van der Waals surface area contributed by atoms with Crippen LogP contribution in [0.5, 0.6) is 5.75 Å². The van der Waals surface area contributed by atoms with E-state index in [9.17, 15) is 49.6 Å². The van der Waals surface area contributed by atoms with Gasteiger partial charge in [0.05, 0.1) is 31.1 Å². The van der Waals surface area contributed by atoms with E-state index in [1.165, 1.54) is 12.1 Å². The number of anilines is 1. The third-order valence-electron chi connectivity index (χ3n) is 5.46. The van der Waals surface area contributed by atoms with E-state index in [4.69, 9.17) is 9.47 Å². The maximum atomic E-state index is 12.1. The number of carbonyl (C=O) groups excluding carboxylic acids is 4. The van der Waals surface area contributed by atoms with Gasteiger partial charge in [0.2, 0.25) is 5.91 Å². The summed E-state index contributed by atoms with van der Waals surface area (Å²) in [5, 5.41) is 40.1. The Kier molecular flexibility index (Phi) is 16.8. The van der Waals surface area contributed by atoms with Crippen molar-refractivity contribution in [2.45, 2.75) is 57.7 Å². The number of hydrogen-bond acceptors (Lipinski definition) is 14. The highest BCUT2D eigenvalue weighted by atomic mass is 17.0. The first-order valence-electron chi connectivity index (χ1n) is 12.5. The number of nitrogens with zero attached hydrogens (tertiary/aromatic N) is 2. The molecule has 0 aliphatic heterocycles. The molecule has 3 N–H and O–H groups in total. The van der Waals surface area contributed by atoms with Gasteiger partial charge in [-0.25, -0.2) is 0 Å². The summed E-state index contributed by atoms with van der Waals surface area (Å²) in [5.41, 5.74) is 0.0764. The average Bonchev–Trinajstić information content (AvgIpc) is 2.92. The summed E-state index contributed by atoms with van der Waals surface area (Å²) in [6.07, 6.45) is -0.198. The van der Waals surface area contributed by atoms with Gasteiger partial charge in [0.25, 0.3) is 10.2 Å². The van der Waals surface area contributed by atoms with Crippen LogP contribution >= 0.6 is 0 Å². The Bertz CT molecular complexity index is 1050. The molecule has 0 saturated carbocycles. The van der Waals surface area contributed by atoms with E-state index in [-0.39, 0.29) is 93.3 Å². The van der Waals surface area contributed by atoms with E-state index in [1.54, 1.807) is 0 Å². The lowest BCUT2D eigenvalue weighted by molar-refractivity contribution is -0.790. The van der Waals surface area contributed by atoms with Gasteiger partial charge in [0.1, 0.15) is 30.9 Å². The van der Waals surface area contributed by atoms with Crippen LogP contribution in [0.15, 0.2) is 12.1 Å². The predicted octanol–water partition coefficient (Wildman–Crippen LogP) is 1.32. The molecule has 0 saturated heterocycles. The van der Waals surface area contributed by atoms with Gasteiger partial charge >= 0.3 is 0 Å². The summed E-state index contributed by atoms with van der Waals surface area (Å²) in [6, 6.07) is 2.74. The number of rotatable bonds is 24. The fourth-order valence-electron chi connectivity index (χ4n) is 3.42. The largest absolute Gasteiger partial charge is 0.505 e. The van der Waals surface area contributed by atoms with Gasteiger partial charge in [0, 0.05) is 32.3 Å². The molecule has 17 heteroatoms. The van der Waals surface area contributed by atoms with Crippen LogP contribution in [-0.4, -0.2) is 83.3 Å². The lowest BCUT2D eigenvalue weighted by atomic mass is 10.1. The van der Waals surface area contributed by atoms with E-state index in [0.29, 0.717) is 12.7 Å². The molecule has 0 fully saturated rings. The summed E-state index contributed by atoms with van der Waals surface area (Å²) < 4.78 is 10.5. The van der Waals surface area contributed by atoms with Crippen molar-refractivity contribution in [3.8, 4) is 5.75 Å². The van der Waals surface area contributed by atoms with Crippen molar-refractivity contribution in [3.05, 3.63) is 43.5 Å². The van der Waals surface area contributed by atoms with E-state index in [2.05, 4.69) is 15.0 Å². The quantitative estimate of drug-likeness (QED) is 0.0508. The molecule has 1 aromatic carbocycles. The summed E-state index contributed by atoms with van der Waals surface area (Å²) in [4.78, 5) is 76.0. The van der Waals surface area contributed by atoms with Crippen molar-refractivity contribution in [1.82, 2.24) is 0 Å². The molecular weight excluding hydrogens is 554 g/mol. The lowest BCUT2D eigenvalue weighted by Crippen LogP contribution is -2.25. The molecule has 0 spiro atoms. The Labute approximate surface area is 233 Å². The monoisotopic (exact) mass is 587 g/mol. The van der Waals surface area contributed by atoms with Crippen molar-refractivity contribution >= 4 is 29.4 Å². The normalized spacial score (nSPS) is 11.3. The smallest absolute Gasteiger partial charge is 0.294 e. The van der Waals surface area contributed by atoms with Gasteiger partial charge in [0.15, 0.2) is 12.1 Å². The molecule has 1 unspecified atom stereocenters. The highest BCUT2D eigenvalue weighted by molar-refractivity contribution is 5.97. The fourth-order valence-corrected chi connectivity index (χ4v) is 3.42. The molecule has 0 heterocycles. The first-order valence-corrected chi connectivity index (χ1v) is 12.5. The highest BCUT2D eigenvalue weighted by Gasteiger charge is 2.17.